The average molecular weight is 333 g/mol. The molecular formula is C20H19N3O2. The number of aromatic amines is 1. The van der Waals surface area contributed by atoms with Crippen LogP contribution in [0.4, 0.5) is 0 Å². The Bertz CT molecular complexity index is 974. The van der Waals surface area contributed by atoms with Crippen molar-refractivity contribution < 1.29 is 9.59 Å². The quantitative estimate of drug-likeness (QED) is 0.674. The van der Waals surface area contributed by atoms with E-state index in [4.69, 9.17) is 0 Å². The average Bonchev–Trinajstić information content (AvgIpc) is 3.00. The molecule has 4 rings (SSSR count). The number of nitrogens with one attached hydrogen (secondary N) is 3. The second kappa shape index (κ2) is 6.09. The number of hydrogen-bond donors (Lipinski definition) is 3. The van der Waals surface area contributed by atoms with Crippen LogP contribution in [0.3, 0.4) is 0 Å². The third-order valence-corrected chi connectivity index (χ3v) is 4.71. The number of aromatic nitrogens is 1. The molecule has 1 aromatic heterocycles. The van der Waals surface area contributed by atoms with Gasteiger partial charge < -0.3 is 15.6 Å². The molecule has 0 fully saturated rings. The maximum absolute atomic E-state index is 12.7. The number of carbonyl (C=O) groups excluding carboxylic acids is 2. The number of aryl methyl sites for hydroxylation is 1. The van der Waals surface area contributed by atoms with Gasteiger partial charge in [0, 0.05) is 23.0 Å². The van der Waals surface area contributed by atoms with Crippen LogP contribution < -0.4 is 10.6 Å². The van der Waals surface area contributed by atoms with E-state index in [0.29, 0.717) is 24.2 Å². The van der Waals surface area contributed by atoms with E-state index in [-0.39, 0.29) is 17.9 Å². The largest absolute Gasteiger partial charge is 0.352 e. The molecule has 1 aliphatic rings. The molecule has 2 heterocycles. The maximum atomic E-state index is 12.7. The van der Waals surface area contributed by atoms with Gasteiger partial charge in [0.15, 0.2) is 0 Å². The van der Waals surface area contributed by atoms with Gasteiger partial charge in [0.05, 0.1) is 6.04 Å². The number of rotatable bonds is 2. The van der Waals surface area contributed by atoms with Gasteiger partial charge in [-0.05, 0) is 36.6 Å². The van der Waals surface area contributed by atoms with Crippen LogP contribution in [0.5, 0.6) is 0 Å². The van der Waals surface area contributed by atoms with Crippen LogP contribution in [0.25, 0.3) is 10.9 Å². The van der Waals surface area contributed by atoms with Crippen molar-refractivity contribution in [3.63, 3.8) is 0 Å². The summed E-state index contributed by atoms with van der Waals surface area (Å²) >= 11 is 0. The molecule has 0 radical (unpaired) electrons. The van der Waals surface area contributed by atoms with E-state index in [2.05, 4.69) is 15.6 Å². The summed E-state index contributed by atoms with van der Waals surface area (Å²) < 4.78 is 0. The molecule has 1 atom stereocenters. The minimum Gasteiger partial charge on any atom is -0.352 e. The molecule has 0 aliphatic carbocycles. The molecule has 5 heteroatoms. The number of H-pyrrole nitrogens is 1. The predicted molar refractivity (Wildman–Crippen MR) is 96.6 cm³/mol. The lowest BCUT2D eigenvalue weighted by molar-refractivity contribution is 0.0930. The van der Waals surface area contributed by atoms with E-state index >= 15 is 0 Å². The number of carbonyl (C=O) groups is 2. The van der Waals surface area contributed by atoms with Crippen molar-refractivity contribution in [2.24, 2.45) is 0 Å². The first-order valence-electron chi connectivity index (χ1n) is 8.40. The van der Waals surface area contributed by atoms with E-state index in [1.807, 2.05) is 49.4 Å². The van der Waals surface area contributed by atoms with E-state index in [0.717, 1.165) is 22.0 Å². The van der Waals surface area contributed by atoms with Crippen molar-refractivity contribution >= 4 is 22.7 Å². The Balaban J connectivity index is 1.64. The third-order valence-electron chi connectivity index (χ3n) is 4.71. The molecule has 2 amide bonds. The minimum absolute atomic E-state index is 0.0893. The van der Waals surface area contributed by atoms with Crippen LogP contribution in [-0.4, -0.2) is 23.3 Å². The highest BCUT2D eigenvalue weighted by molar-refractivity contribution is 6.00. The van der Waals surface area contributed by atoms with Gasteiger partial charge in [0.25, 0.3) is 11.8 Å². The molecule has 1 unspecified atom stereocenters. The first-order chi connectivity index (χ1) is 12.1. The van der Waals surface area contributed by atoms with Gasteiger partial charge >= 0.3 is 0 Å². The van der Waals surface area contributed by atoms with Crippen LogP contribution in [0.1, 0.15) is 44.4 Å². The summed E-state index contributed by atoms with van der Waals surface area (Å²) in [4.78, 5) is 28.1. The highest BCUT2D eigenvalue weighted by Crippen LogP contribution is 2.25. The monoisotopic (exact) mass is 333 g/mol. The summed E-state index contributed by atoms with van der Waals surface area (Å²) in [6.45, 7) is 2.55. The Morgan fingerprint density at radius 1 is 1.16 bits per heavy atom. The van der Waals surface area contributed by atoms with Gasteiger partial charge in [-0.1, -0.05) is 36.4 Å². The van der Waals surface area contributed by atoms with Crippen LogP contribution >= 0.6 is 0 Å². The van der Waals surface area contributed by atoms with Crippen molar-refractivity contribution in [1.82, 2.24) is 15.6 Å². The smallest absolute Gasteiger partial charge is 0.268 e. The number of para-hydroxylation sites is 1. The van der Waals surface area contributed by atoms with Crippen LogP contribution in [0.2, 0.25) is 0 Å². The molecule has 3 N–H and O–H groups in total. The highest BCUT2D eigenvalue weighted by atomic mass is 16.2. The molecule has 3 aromatic rings. The zero-order chi connectivity index (χ0) is 17.4. The number of fused-ring (bicyclic) bond motifs is 2. The topological polar surface area (TPSA) is 74.0 Å². The van der Waals surface area contributed by atoms with Gasteiger partial charge in [-0.25, -0.2) is 0 Å². The normalized spacial score (nSPS) is 16.8. The maximum Gasteiger partial charge on any atom is 0.268 e. The molecule has 0 saturated heterocycles. The second-order valence-corrected chi connectivity index (χ2v) is 6.38. The highest BCUT2D eigenvalue weighted by Gasteiger charge is 2.24. The van der Waals surface area contributed by atoms with Crippen LogP contribution in [-0.2, 0) is 0 Å². The fourth-order valence-corrected chi connectivity index (χ4v) is 3.40. The van der Waals surface area contributed by atoms with Gasteiger partial charge in [-0.2, -0.15) is 0 Å². The zero-order valence-electron chi connectivity index (χ0n) is 13.9. The van der Waals surface area contributed by atoms with Crippen molar-refractivity contribution in [2.45, 2.75) is 19.4 Å². The summed E-state index contributed by atoms with van der Waals surface area (Å²) in [5.41, 5.74) is 4.10. The van der Waals surface area contributed by atoms with Crippen molar-refractivity contribution in [3.8, 4) is 0 Å². The second-order valence-electron chi connectivity index (χ2n) is 6.38. The Kier molecular flexibility index (Phi) is 3.76. The molecule has 0 spiro atoms. The van der Waals surface area contributed by atoms with Crippen molar-refractivity contribution in [1.29, 1.82) is 0 Å². The lowest BCUT2D eigenvalue weighted by Crippen LogP contribution is -2.29. The molecule has 2 aromatic carbocycles. The summed E-state index contributed by atoms with van der Waals surface area (Å²) in [6.07, 6.45) is 0.660. The lowest BCUT2D eigenvalue weighted by Gasteiger charge is -2.18. The number of hydrogen-bond acceptors (Lipinski definition) is 2. The third kappa shape index (κ3) is 2.78. The first kappa shape index (κ1) is 15.4. The van der Waals surface area contributed by atoms with Gasteiger partial charge in [0.2, 0.25) is 0 Å². The minimum atomic E-state index is -0.199. The number of amides is 2. The fraction of sp³-hybridized carbons (Fsp3) is 0.200. The summed E-state index contributed by atoms with van der Waals surface area (Å²) in [7, 11) is 0. The Morgan fingerprint density at radius 2 is 2.00 bits per heavy atom. The van der Waals surface area contributed by atoms with E-state index in [1.165, 1.54) is 0 Å². The molecule has 0 saturated carbocycles. The van der Waals surface area contributed by atoms with Gasteiger partial charge in [0.1, 0.15) is 5.69 Å². The lowest BCUT2D eigenvalue weighted by atomic mass is 9.99. The van der Waals surface area contributed by atoms with Gasteiger partial charge in [-0.15, -0.1) is 0 Å². The SMILES string of the molecule is Cc1cccc2cc(C(=O)NC3CCNC(=O)c4ccccc43)[nH]c12. The summed E-state index contributed by atoms with van der Waals surface area (Å²) in [5, 5.41) is 6.96. The first-order valence-corrected chi connectivity index (χ1v) is 8.40. The van der Waals surface area contributed by atoms with Crippen LogP contribution in [0.15, 0.2) is 48.5 Å². The van der Waals surface area contributed by atoms with E-state index in [1.54, 1.807) is 6.07 Å². The zero-order valence-corrected chi connectivity index (χ0v) is 13.9. The molecule has 0 bridgehead atoms. The number of benzene rings is 2. The molecule has 25 heavy (non-hydrogen) atoms. The van der Waals surface area contributed by atoms with E-state index < -0.39 is 0 Å². The van der Waals surface area contributed by atoms with Gasteiger partial charge in [-0.3, -0.25) is 9.59 Å². The summed E-state index contributed by atoms with van der Waals surface area (Å²) in [5.74, 6) is -0.252. The molecule has 5 nitrogen and oxygen atoms in total. The van der Waals surface area contributed by atoms with Crippen LogP contribution in [0, 0.1) is 6.92 Å². The standard InChI is InChI=1S/C20H19N3O2/c1-12-5-4-6-13-11-17(22-18(12)13)20(25)23-16-9-10-21-19(24)15-8-3-2-7-14(15)16/h2-8,11,16,22H,9-10H2,1H3,(H,21,24)(H,23,25). The Morgan fingerprint density at radius 3 is 2.84 bits per heavy atom. The predicted octanol–water partition coefficient (Wildman–Crippen LogP) is 3.08. The Labute approximate surface area is 145 Å². The Hall–Kier alpha value is -3.08. The molecule has 1 aliphatic heterocycles. The van der Waals surface area contributed by atoms with Crippen molar-refractivity contribution in [3.05, 3.63) is 70.9 Å². The fourth-order valence-electron chi connectivity index (χ4n) is 3.40. The van der Waals surface area contributed by atoms with Crippen molar-refractivity contribution in [2.75, 3.05) is 6.54 Å². The van der Waals surface area contributed by atoms with E-state index in [9.17, 15) is 9.59 Å². The summed E-state index contributed by atoms with van der Waals surface area (Å²) in [6, 6.07) is 15.1. The molecular weight excluding hydrogens is 314 g/mol. The molecule has 126 valence electrons.